The van der Waals surface area contributed by atoms with Crippen LogP contribution in [0.4, 0.5) is 0 Å². The van der Waals surface area contributed by atoms with E-state index in [1.807, 2.05) is 54.2 Å². The largest absolute Gasteiger partial charge is 0.491 e. The predicted molar refractivity (Wildman–Crippen MR) is 125 cm³/mol. The Hall–Kier alpha value is -4.13. The molecule has 2 N–H and O–H groups in total. The molecule has 168 valence electrons. The summed E-state index contributed by atoms with van der Waals surface area (Å²) in [6, 6.07) is 20.0. The fraction of sp³-hybridized carbons (Fsp3) is 0.192. The van der Waals surface area contributed by atoms with Crippen LogP contribution in [0.3, 0.4) is 0 Å². The number of fused-ring (bicyclic) bond motifs is 2. The lowest BCUT2D eigenvalue weighted by Crippen LogP contribution is -2.50. The fourth-order valence-corrected chi connectivity index (χ4v) is 4.36. The molecule has 3 heterocycles. The summed E-state index contributed by atoms with van der Waals surface area (Å²) in [4.78, 5) is 26.6. The lowest BCUT2D eigenvalue weighted by Gasteiger charge is -2.39. The molecule has 0 fully saturated rings. The first-order chi connectivity index (χ1) is 16.0. The Bertz CT molecular complexity index is 1300. The highest BCUT2D eigenvalue weighted by atomic mass is 16.5. The van der Waals surface area contributed by atoms with Gasteiger partial charge in [-0.15, -0.1) is 0 Å². The van der Waals surface area contributed by atoms with Gasteiger partial charge in [0.2, 0.25) is 0 Å². The second-order valence-corrected chi connectivity index (χ2v) is 7.95. The van der Waals surface area contributed by atoms with E-state index in [0.717, 1.165) is 22.2 Å². The molecule has 4 aromatic rings. The predicted octanol–water partition coefficient (Wildman–Crippen LogP) is 4.04. The van der Waals surface area contributed by atoms with Crippen molar-refractivity contribution in [3.8, 4) is 5.75 Å². The molecule has 33 heavy (non-hydrogen) atoms. The first-order valence-electron chi connectivity index (χ1n) is 10.6. The van der Waals surface area contributed by atoms with Crippen LogP contribution in [0.5, 0.6) is 5.75 Å². The molecular weight excluding hydrogens is 418 g/mol. The normalized spacial score (nSPS) is 16.7. The van der Waals surface area contributed by atoms with Gasteiger partial charge in [0, 0.05) is 36.8 Å². The number of rotatable bonds is 3. The molecule has 1 atom stereocenters. The molecule has 0 bridgehead atoms. The Morgan fingerprint density at radius 3 is 2.64 bits per heavy atom. The van der Waals surface area contributed by atoms with Crippen molar-refractivity contribution in [2.45, 2.75) is 18.9 Å². The lowest BCUT2D eigenvalue weighted by molar-refractivity contribution is -0.122. The van der Waals surface area contributed by atoms with E-state index in [4.69, 9.17) is 14.6 Å². The number of nitrogens with one attached hydrogen (secondary N) is 1. The number of hydrogen-bond acceptors (Lipinski definition) is 4. The van der Waals surface area contributed by atoms with Gasteiger partial charge < -0.3 is 19.7 Å². The standard InChI is InChI=1S/C25H23N3O2.CH2O2/c1-17-9-11-18(12-10-17)25(13-15-30-22-8-5-14-26-23(22)25)27-24(29)20-16-28(2)21-7-4-3-6-19(20)21;2-1-3/h3-12,14,16H,13,15H2,1-2H3,(H,27,29);1H,(H,2,3)/t25-;/m0./s1. The van der Waals surface area contributed by atoms with Crippen LogP contribution in [-0.4, -0.2) is 33.6 Å². The zero-order chi connectivity index (χ0) is 23.4. The number of amides is 1. The molecule has 0 spiro atoms. The molecule has 1 amide bonds. The van der Waals surface area contributed by atoms with Crippen molar-refractivity contribution in [1.82, 2.24) is 14.9 Å². The molecule has 7 heteroatoms. The second-order valence-electron chi connectivity index (χ2n) is 7.95. The summed E-state index contributed by atoms with van der Waals surface area (Å²) >= 11 is 0. The summed E-state index contributed by atoms with van der Waals surface area (Å²) in [5, 5.41) is 11.2. The van der Waals surface area contributed by atoms with E-state index in [1.165, 1.54) is 5.56 Å². The van der Waals surface area contributed by atoms with Crippen LogP contribution in [0.25, 0.3) is 10.9 Å². The number of aromatic nitrogens is 2. The van der Waals surface area contributed by atoms with E-state index in [0.29, 0.717) is 24.3 Å². The summed E-state index contributed by atoms with van der Waals surface area (Å²) in [5.74, 6) is 0.591. The molecule has 2 aromatic heterocycles. The van der Waals surface area contributed by atoms with Gasteiger partial charge in [-0.05, 0) is 30.7 Å². The second kappa shape index (κ2) is 9.16. The number of hydrogen-bond donors (Lipinski definition) is 2. The molecule has 1 aliphatic heterocycles. The third kappa shape index (κ3) is 4.05. The SMILES string of the molecule is Cc1ccc([C@@]2(NC(=O)c3cn(C)c4ccccc34)CCOc3cccnc32)cc1.O=CO. The molecule has 0 saturated heterocycles. The van der Waals surface area contributed by atoms with Crippen LogP contribution in [0.1, 0.15) is 33.6 Å². The minimum absolute atomic E-state index is 0.120. The highest BCUT2D eigenvalue weighted by molar-refractivity contribution is 6.07. The highest BCUT2D eigenvalue weighted by Crippen LogP contribution is 2.41. The van der Waals surface area contributed by atoms with Gasteiger partial charge in [0.15, 0.2) is 0 Å². The Labute approximate surface area is 191 Å². The van der Waals surface area contributed by atoms with Crippen molar-refractivity contribution in [3.05, 3.63) is 95.4 Å². The zero-order valence-electron chi connectivity index (χ0n) is 18.5. The van der Waals surface area contributed by atoms with Crippen LogP contribution in [0.2, 0.25) is 0 Å². The molecular formula is C26H25N3O4. The Morgan fingerprint density at radius 2 is 1.88 bits per heavy atom. The number of aryl methyl sites for hydroxylation is 2. The van der Waals surface area contributed by atoms with Crippen LogP contribution in [0, 0.1) is 6.92 Å². The Morgan fingerprint density at radius 1 is 1.15 bits per heavy atom. The Kier molecular flexibility index (Phi) is 6.13. The molecule has 7 nitrogen and oxygen atoms in total. The lowest BCUT2D eigenvalue weighted by atomic mass is 9.81. The highest BCUT2D eigenvalue weighted by Gasteiger charge is 2.42. The van der Waals surface area contributed by atoms with Gasteiger partial charge in [-0.3, -0.25) is 14.6 Å². The molecule has 0 unspecified atom stereocenters. The van der Waals surface area contributed by atoms with E-state index in [-0.39, 0.29) is 12.4 Å². The van der Waals surface area contributed by atoms with Crippen molar-refractivity contribution in [3.63, 3.8) is 0 Å². The summed E-state index contributed by atoms with van der Waals surface area (Å²) in [7, 11) is 1.96. The van der Waals surface area contributed by atoms with Crippen molar-refractivity contribution in [2.24, 2.45) is 7.05 Å². The van der Waals surface area contributed by atoms with Gasteiger partial charge in [-0.1, -0.05) is 48.0 Å². The van der Waals surface area contributed by atoms with E-state index in [9.17, 15) is 4.79 Å². The van der Waals surface area contributed by atoms with Gasteiger partial charge in [0.25, 0.3) is 12.4 Å². The minimum atomic E-state index is -0.753. The smallest absolute Gasteiger partial charge is 0.290 e. The number of pyridine rings is 1. The van der Waals surface area contributed by atoms with E-state index in [1.54, 1.807) is 6.20 Å². The van der Waals surface area contributed by atoms with Crippen molar-refractivity contribution in [2.75, 3.05) is 6.61 Å². The van der Waals surface area contributed by atoms with Crippen LogP contribution >= 0.6 is 0 Å². The molecule has 5 rings (SSSR count). The van der Waals surface area contributed by atoms with Crippen LogP contribution in [0.15, 0.2) is 73.1 Å². The van der Waals surface area contributed by atoms with Gasteiger partial charge in [-0.2, -0.15) is 0 Å². The van der Waals surface area contributed by atoms with Gasteiger partial charge in [-0.25, -0.2) is 0 Å². The van der Waals surface area contributed by atoms with Crippen molar-refractivity contribution in [1.29, 1.82) is 0 Å². The van der Waals surface area contributed by atoms with E-state index in [2.05, 4.69) is 41.5 Å². The minimum Gasteiger partial charge on any atom is -0.491 e. The fourth-order valence-electron chi connectivity index (χ4n) is 4.36. The maximum absolute atomic E-state index is 13.6. The van der Waals surface area contributed by atoms with Crippen molar-refractivity contribution < 1.29 is 19.4 Å². The number of benzene rings is 2. The molecule has 0 aliphatic carbocycles. The monoisotopic (exact) mass is 443 g/mol. The van der Waals surface area contributed by atoms with Crippen molar-refractivity contribution >= 4 is 23.3 Å². The first kappa shape index (κ1) is 22.1. The average Bonchev–Trinajstić information content (AvgIpc) is 3.17. The topological polar surface area (TPSA) is 93.5 Å². The number of carbonyl (C=O) groups excluding carboxylic acids is 1. The van der Waals surface area contributed by atoms with Crippen LogP contribution < -0.4 is 10.1 Å². The molecule has 1 aliphatic rings. The zero-order valence-corrected chi connectivity index (χ0v) is 18.5. The molecule has 2 aromatic carbocycles. The maximum atomic E-state index is 13.6. The van der Waals surface area contributed by atoms with Crippen LogP contribution in [-0.2, 0) is 17.4 Å². The van der Waals surface area contributed by atoms with Gasteiger partial charge in [0.05, 0.1) is 12.2 Å². The third-order valence-electron chi connectivity index (χ3n) is 5.92. The summed E-state index contributed by atoms with van der Waals surface area (Å²) in [5.41, 5.74) is 3.85. The Balaban J connectivity index is 0.000000821. The summed E-state index contributed by atoms with van der Waals surface area (Å²) in [6.45, 7) is 2.31. The van der Waals surface area contributed by atoms with E-state index < -0.39 is 5.54 Å². The third-order valence-corrected chi connectivity index (χ3v) is 5.92. The quantitative estimate of drug-likeness (QED) is 0.466. The average molecular weight is 444 g/mol. The molecule has 0 radical (unpaired) electrons. The van der Waals surface area contributed by atoms with Gasteiger partial charge >= 0.3 is 0 Å². The first-order valence-corrected chi connectivity index (χ1v) is 10.6. The number of nitrogens with zero attached hydrogens (tertiary/aromatic N) is 2. The maximum Gasteiger partial charge on any atom is 0.290 e. The number of carbonyl (C=O) groups is 2. The number of para-hydroxylation sites is 1. The van der Waals surface area contributed by atoms with Gasteiger partial charge in [0.1, 0.15) is 17.0 Å². The molecule has 0 saturated carbocycles. The number of carboxylic acid groups (broad SMARTS) is 1. The summed E-state index contributed by atoms with van der Waals surface area (Å²) < 4.78 is 7.85. The number of ether oxygens (including phenoxy) is 1. The van der Waals surface area contributed by atoms with E-state index >= 15 is 0 Å². The summed E-state index contributed by atoms with van der Waals surface area (Å²) in [6.07, 6.45) is 4.25.